The fourth-order valence-electron chi connectivity index (χ4n) is 1.80. The minimum atomic E-state index is 0.0859. The van der Waals surface area contributed by atoms with Crippen LogP contribution in [0.3, 0.4) is 0 Å². The second kappa shape index (κ2) is 5.32. The lowest BCUT2D eigenvalue weighted by Crippen LogP contribution is -2.51. The number of piperazine rings is 1. The van der Waals surface area contributed by atoms with E-state index in [0.29, 0.717) is 12.6 Å². The van der Waals surface area contributed by atoms with Crippen LogP contribution in [0.1, 0.15) is 12.0 Å². The van der Waals surface area contributed by atoms with Crippen molar-refractivity contribution >= 4 is 17.5 Å². The molecule has 0 spiro atoms. The molecule has 0 radical (unpaired) electrons. The fourth-order valence-corrected chi connectivity index (χ4v) is 1.93. The number of benzene rings is 1. The third-order valence-corrected chi connectivity index (χ3v) is 3.04. The molecule has 1 heterocycles. The number of carbonyl (C=O) groups excluding carboxylic acids is 1. The third kappa shape index (κ3) is 3.22. The number of hydrogen-bond donors (Lipinski definition) is 2. The first-order chi connectivity index (χ1) is 7.74. The van der Waals surface area contributed by atoms with E-state index in [0.717, 1.165) is 24.4 Å². The van der Waals surface area contributed by atoms with Crippen molar-refractivity contribution in [3.8, 4) is 0 Å². The van der Waals surface area contributed by atoms with Crippen LogP contribution in [0.2, 0.25) is 5.02 Å². The summed E-state index contributed by atoms with van der Waals surface area (Å²) >= 11 is 5.82. The first-order valence-electron chi connectivity index (χ1n) is 5.48. The summed E-state index contributed by atoms with van der Waals surface area (Å²) in [5.74, 6) is 0.0859. The molecule has 0 saturated carbocycles. The lowest BCUT2D eigenvalue weighted by molar-refractivity contribution is -0.121. The number of amides is 1. The van der Waals surface area contributed by atoms with Gasteiger partial charge in [0.1, 0.15) is 0 Å². The van der Waals surface area contributed by atoms with Crippen LogP contribution in [0.4, 0.5) is 0 Å². The lowest BCUT2D eigenvalue weighted by Gasteiger charge is -2.23. The van der Waals surface area contributed by atoms with Gasteiger partial charge in [-0.05, 0) is 30.5 Å². The Labute approximate surface area is 100 Å². The van der Waals surface area contributed by atoms with Crippen LogP contribution in [-0.4, -0.2) is 25.0 Å². The highest BCUT2D eigenvalue weighted by atomic mass is 35.5. The molecule has 1 fully saturated rings. The molecule has 2 N–H and O–H groups in total. The van der Waals surface area contributed by atoms with Gasteiger partial charge in [-0.2, -0.15) is 0 Å². The molecule has 1 saturated heterocycles. The van der Waals surface area contributed by atoms with E-state index >= 15 is 0 Å². The molecule has 2 rings (SSSR count). The average molecular weight is 239 g/mol. The normalized spacial score (nSPS) is 20.6. The molecule has 0 aliphatic carbocycles. The quantitative estimate of drug-likeness (QED) is 0.835. The second-order valence-electron chi connectivity index (χ2n) is 4.05. The molecule has 1 atom stereocenters. The molecule has 0 aromatic heterocycles. The van der Waals surface area contributed by atoms with E-state index < -0.39 is 0 Å². The Morgan fingerprint density at radius 1 is 1.31 bits per heavy atom. The Morgan fingerprint density at radius 2 is 2.06 bits per heavy atom. The summed E-state index contributed by atoms with van der Waals surface area (Å²) in [6, 6.07) is 8.29. The maximum atomic E-state index is 10.9. The SMILES string of the molecule is O=C1CNC(CCc2ccc(Cl)cc2)CN1. The molecule has 16 heavy (non-hydrogen) atoms. The van der Waals surface area contributed by atoms with Crippen LogP contribution >= 0.6 is 11.6 Å². The zero-order valence-electron chi connectivity index (χ0n) is 9.00. The van der Waals surface area contributed by atoms with Gasteiger partial charge >= 0.3 is 0 Å². The number of halogens is 1. The molecule has 1 aliphatic rings. The minimum Gasteiger partial charge on any atom is -0.353 e. The van der Waals surface area contributed by atoms with E-state index in [1.54, 1.807) is 0 Å². The van der Waals surface area contributed by atoms with Crippen molar-refractivity contribution in [3.05, 3.63) is 34.9 Å². The van der Waals surface area contributed by atoms with E-state index in [4.69, 9.17) is 11.6 Å². The minimum absolute atomic E-state index is 0.0859. The molecule has 1 amide bonds. The molecule has 1 aromatic rings. The van der Waals surface area contributed by atoms with Crippen LogP contribution in [-0.2, 0) is 11.2 Å². The van der Waals surface area contributed by atoms with Gasteiger partial charge in [0.25, 0.3) is 0 Å². The molecule has 86 valence electrons. The molecule has 1 aromatic carbocycles. The summed E-state index contributed by atoms with van der Waals surface area (Å²) in [6.07, 6.45) is 2.03. The first-order valence-corrected chi connectivity index (χ1v) is 5.86. The predicted molar refractivity (Wildman–Crippen MR) is 64.6 cm³/mol. The van der Waals surface area contributed by atoms with E-state index in [2.05, 4.69) is 10.6 Å². The van der Waals surface area contributed by atoms with Gasteiger partial charge in [0.2, 0.25) is 5.91 Å². The zero-order chi connectivity index (χ0) is 11.4. The fraction of sp³-hybridized carbons (Fsp3) is 0.417. The van der Waals surface area contributed by atoms with Crippen LogP contribution in [0.5, 0.6) is 0 Å². The van der Waals surface area contributed by atoms with Gasteiger partial charge in [-0.1, -0.05) is 23.7 Å². The summed E-state index contributed by atoms with van der Waals surface area (Å²) in [4.78, 5) is 10.9. The number of nitrogens with one attached hydrogen (secondary N) is 2. The van der Waals surface area contributed by atoms with Gasteiger partial charge < -0.3 is 10.6 Å². The van der Waals surface area contributed by atoms with Gasteiger partial charge in [0.05, 0.1) is 6.54 Å². The molecule has 1 unspecified atom stereocenters. The van der Waals surface area contributed by atoms with E-state index in [-0.39, 0.29) is 5.91 Å². The standard InChI is InChI=1S/C12H15ClN2O/c13-10-4-1-9(2-5-10)3-6-11-7-15-12(16)8-14-11/h1-2,4-5,11,14H,3,6-8H2,(H,15,16). The topological polar surface area (TPSA) is 41.1 Å². The van der Waals surface area contributed by atoms with Gasteiger partial charge in [0.15, 0.2) is 0 Å². The van der Waals surface area contributed by atoms with Gasteiger partial charge in [-0.25, -0.2) is 0 Å². The zero-order valence-corrected chi connectivity index (χ0v) is 9.76. The highest BCUT2D eigenvalue weighted by Gasteiger charge is 2.16. The van der Waals surface area contributed by atoms with E-state index in [9.17, 15) is 4.79 Å². The summed E-state index contributed by atoms with van der Waals surface area (Å²) in [7, 11) is 0. The molecular formula is C12H15ClN2O. The van der Waals surface area contributed by atoms with Crippen molar-refractivity contribution in [2.75, 3.05) is 13.1 Å². The number of hydrogen-bond acceptors (Lipinski definition) is 2. The van der Waals surface area contributed by atoms with E-state index in [1.807, 2.05) is 24.3 Å². The highest BCUT2D eigenvalue weighted by molar-refractivity contribution is 6.30. The molecule has 1 aliphatic heterocycles. The highest BCUT2D eigenvalue weighted by Crippen LogP contribution is 2.11. The summed E-state index contributed by atoms with van der Waals surface area (Å²) in [5.41, 5.74) is 1.28. The maximum absolute atomic E-state index is 10.9. The largest absolute Gasteiger partial charge is 0.353 e. The van der Waals surface area contributed by atoms with E-state index in [1.165, 1.54) is 5.56 Å². The summed E-state index contributed by atoms with van der Waals surface area (Å²) < 4.78 is 0. The Kier molecular flexibility index (Phi) is 3.80. The predicted octanol–water partition coefficient (Wildman–Crippen LogP) is 1.36. The van der Waals surface area contributed by atoms with Gasteiger partial charge in [-0.3, -0.25) is 4.79 Å². The number of rotatable bonds is 3. The smallest absolute Gasteiger partial charge is 0.234 e. The Hall–Kier alpha value is -1.06. The maximum Gasteiger partial charge on any atom is 0.234 e. The monoisotopic (exact) mass is 238 g/mol. The summed E-state index contributed by atoms with van der Waals surface area (Å²) in [5, 5.41) is 6.84. The van der Waals surface area contributed by atoms with Gasteiger partial charge in [-0.15, -0.1) is 0 Å². The number of aryl methyl sites for hydroxylation is 1. The third-order valence-electron chi connectivity index (χ3n) is 2.79. The van der Waals surface area contributed by atoms with Crippen LogP contribution in [0.25, 0.3) is 0 Å². The van der Waals surface area contributed by atoms with Crippen molar-refractivity contribution in [2.45, 2.75) is 18.9 Å². The van der Waals surface area contributed by atoms with Crippen molar-refractivity contribution < 1.29 is 4.79 Å². The molecular weight excluding hydrogens is 224 g/mol. The van der Waals surface area contributed by atoms with Crippen LogP contribution < -0.4 is 10.6 Å². The van der Waals surface area contributed by atoms with Crippen LogP contribution in [0, 0.1) is 0 Å². The Morgan fingerprint density at radius 3 is 2.69 bits per heavy atom. The van der Waals surface area contributed by atoms with Crippen LogP contribution in [0.15, 0.2) is 24.3 Å². The molecule has 3 nitrogen and oxygen atoms in total. The van der Waals surface area contributed by atoms with Crippen molar-refractivity contribution in [3.63, 3.8) is 0 Å². The Bertz CT molecular complexity index is 354. The molecule has 4 heteroatoms. The van der Waals surface area contributed by atoms with Crippen molar-refractivity contribution in [1.82, 2.24) is 10.6 Å². The molecule has 0 bridgehead atoms. The average Bonchev–Trinajstić information content (AvgIpc) is 2.30. The van der Waals surface area contributed by atoms with Gasteiger partial charge in [0, 0.05) is 17.6 Å². The first kappa shape index (κ1) is 11.4. The number of carbonyl (C=O) groups is 1. The second-order valence-corrected chi connectivity index (χ2v) is 4.48. The lowest BCUT2D eigenvalue weighted by atomic mass is 10.0. The van der Waals surface area contributed by atoms with Crippen molar-refractivity contribution in [1.29, 1.82) is 0 Å². The Balaban J connectivity index is 1.79. The van der Waals surface area contributed by atoms with Crippen molar-refractivity contribution in [2.24, 2.45) is 0 Å². The summed E-state index contributed by atoms with van der Waals surface area (Å²) in [6.45, 7) is 1.16.